The molecule has 0 aliphatic carbocycles. The van der Waals surface area contributed by atoms with Crippen LogP contribution in [0.5, 0.6) is 0 Å². The number of hydrogen-bond acceptors (Lipinski definition) is 0. The highest BCUT2D eigenvalue weighted by Gasteiger charge is 2.25. The molecule has 2 heteroatoms. The summed E-state index contributed by atoms with van der Waals surface area (Å²) < 4.78 is 2.33. The molecule has 0 unspecified atom stereocenters. The topological polar surface area (TPSA) is 0 Å². The van der Waals surface area contributed by atoms with Crippen LogP contribution < -0.4 is 0 Å². The normalized spacial score (nSPS) is 12.1. The zero-order valence-electron chi connectivity index (χ0n) is 43.9. The fourth-order valence-electron chi connectivity index (χ4n) is 10.7. The minimum absolute atomic E-state index is 0.373. The van der Waals surface area contributed by atoms with Crippen LogP contribution in [0.3, 0.4) is 0 Å². The van der Waals surface area contributed by atoms with E-state index in [-0.39, 0.29) is 0 Å². The number of benzene rings is 7. The maximum absolute atomic E-state index is 4.14. The van der Waals surface area contributed by atoms with E-state index in [1.165, 1.54) is 115 Å². The van der Waals surface area contributed by atoms with Gasteiger partial charge in [0.05, 0.1) is 0 Å². The highest BCUT2D eigenvalue weighted by atomic mass is 127. The molecule has 0 saturated carbocycles. The van der Waals surface area contributed by atoms with Crippen molar-refractivity contribution in [3.05, 3.63) is 174 Å². The highest BCUT2D eigenvalue weighted by Crippen LogP contribution is 2.48. The van der Waals surface area contributed by atoms with Gasteiger partial charge < -0.3 is 0 Å². The van der Waals surface area contributed by atoms with E-state index in [2.05, 4.69) is 271 Å². The Balaban J connectivity index is 1.61. The van der Waals surface area contributed by atoms with E-state index in [1.807, 2.05) is 0 Å². The smallest absolute Gasteiger partial charge is 0.0288 e. The molecule has 0 spiro atoms. The minimum Gasteiger partial charge on any atom is -0.0617 e. The molecule has 0 amide bonds. The highest BCUT2D eigenvalue weighted by molar-refractivity contribution is 14.1. The van der Waals surface area contributed by atoms with Gasteiger partial charge >= 0.3 is 0 Å². The van der Waals surface area contributed by atoms with Gasteiger partial charge in [-0.25, -0.2) is 0 Å². The molecule has 0 radical (unpaired) electrons. The molecule has 0 nitrogen and oxygen atoms in total. The molecule has 0 heterocycles. The molecule has 0 N–H and O–H groups in total. The summed E-state index contributed by atoms with van der Waals surface area (Å²) >= 11 is 6.83. The molecule has 68 heavy (non-hydrogen) atoms. The van der Waals surface area contributed by atoms with Crippen LogP contribution in [0, 0.1) is 3.57 Å². The van der Waals surface area contributed by atoms with Crippen molar-refractivity contribution in [3.8, 4) is 66.8 Å². The summed E-state index contributed by atoms with van der Waals surface area (Å²) in [6.07, 6.45) is 0. The second-order valence-electron chi connectivity index (χ2n) is 21.9. The lowest BCUT2D eigenvalue weighted by atomic mass is 9.80. The van der Waals surface area contributed by atoms with E-state index in [0.717, 1.165) is 4.47 Å². The average Bonchev–Trinajstić information content (AvgIpc) is 3.30. The van der Waals surface area contributed by atoms with Gasteiger partial charge in [-0.3, -0.25) is 0 Å². The first-order valence-corrected chi connectivity index (χ1v) is 27.4. The maximum atomic E-state index is 4.14. The Bertz CT molecular complexity index is 2470. The zero-order chi connectivity index (χ0) is 49.5. The van der Waals surface area contributed by atoms with Crippen molar-refractivity contribution in [2.24, 2.45) is 0 Å². The first-order chi connectivity index (χ1) is 32.2. The van der Waals surface area contributed by atoms with Crippen LogP contribution in [0.15, 0.2) is 126 Å². The summed E-state index contributed by atoms with van der Waals surface area (Å²) in [6, 6.07) is 47.7. The molecule has 0 fully saturated rings. The summed E-state index contributed by atoms with van der Waals surface area (Å²) in [5, 5.41) is 0. The molecule has 7 rings (SSSR count). The van der Waals surface area contributed by atoms with E-state index in [0.29, 0.717) is 47.3 Å². The lowest BCUT2D eigenvalue weighted by Crippen LogP contribution is -2.03. The number of hydrogen-bond donors (Lipinski definition) is 0. The monoisotopic (exact) mass is 1070 g/mol. The Morgan fingerprint density at radius 1 is 0.279 bits per heavy atom. The molecule has 0 aliphatic rings. The molecule has 0 bridgehead atoms. The van der Waals surface area contributed by atoms with Crippen molar-refractivity contribution in [2.45, 2.75) is 158 Å². The van der Waals surface area contributed by atoms with Crippen molar-refractivity contribution < 1.29 is 0 Å². The minimum atomic E-state index is 0.373. The Kier molecular flexibility index (Phi) is 16.2. The first-order valence-electron chi connectivity index (χ1n) is 25.5. The van der Waals surface area contributed by atoms with Crippen LogP contribution >= 0.6 is 38.5 Å². The molecule has 0 saturated heterocycles. The molecular weight excluding hydrogens is 1000 g/mol. The van der Waals surface area contributed by atoms with Crippen LogP contribution in [0.25, 0.3) is 66.8 Å². The van der Waals surface area contributed by atoms with Crippen LogP contribution in [0.2, 0.25) is 0 Å². The van der Waals surface area contributed by atoms with Crippen LogP contribution in [0.1, 0.15) is 203 Å². The predicted molar refractivity (Wildman–Crippen MR) is 312 cm³/mol. The van der Waals surface area contributed by atoms with E-state index in [9.17, 15) is 0 Å². The van der Waals surface area contributed by atoms with Crippen molar-refractivity contribution in [2.75, 3.05) is 0 Å². The lowest BCUT2D eigenvalue weighted by molar-refractivity contribution is 0.836. The largest absolute Gasteiger partial charge is 0.0617 e. The summed E-state index contributed by atoms with van der Waals surface area (Å²) in [7, 11) is 0. The summed E-state index contributed by atoms with van der Waals surface area (Å²) in [4.78, 5) is 0. The van der Waals surface area contributed by atoms with Crippen LogP contribution in [0.4, 0.5) is 0 Å². The predicted octanol–water partition coefficient (Wildman–Crippen LogP) is 22.0. The Morgan fingerprint density at radius 2 is 0.456 bits per heavy atom. The van der Waals surface area contributed by atoms with Crippen molar-refractivity contribution in [1.29, 1.82) is 0 Å². The fraction of sp³-hybridized carbons (Fsp3) is 0.364. The van der Waals surface area contributed by atoms with Gasteiger partial charge in [0.25, 0.3) is 0 Å². The summed E-state index contributed by atoms with van der Waals surface area (Å²) in [5.41, 5.74) is 26.9. The Hall–Kier alpha value is -4.25. The molecule has 354 valence electrons. The van der Waals surface area contributed by atoms with Gasteiger partial charge in [0, 0.05) is 8.04 Å². The maximum Gasteiger partial charge on any atom is 0.0288 e. The second kappa shape index (κ2) is 21.4. The van der Waals surface area contributed by atoms with Crippen molar-refractivity contribution in [1.82, 2.24) is 0 Å². The van der Waals surface area contributed by atoms with Crippen LogP contribution in [-0.4, -0.2) is 0 Å². The summed E-state index contributed by atoms with van der Waals surface area (Å²) in [6.45, 7) is 37.5. The van der Waals surface area contributed by atoms with Crippen molar-refractivity contribution in [3.63, 3.8) is 0 Å². The molecule has 0 aromatic heterocycles. The van der Waals surface area contributed by atoms with Gasteiger partial charge in [-0.1, -0.05) is 200 Å². The standard InChI is InChI=1S/C66H76BrI/c1-37(2)52-21-17-22-53(38(3)4)62(52)47-29-45(30-48(33-47)63-54(39(5)6)23-18-24-55(63)40(7)8)60-35-51(67)36-61(66(60)68)46-31-49(64-56(41(9)10)25-19-26-57(64)42(11)12)34-50(32-46)65-58(43(13)14)27-20-28-59(65)44(15)16/h17-44H,1-16H3. The van der Waals surface area contributed by atoms with Gasteiger partial charge in [-0.05, 0) is 230 Å². The Morgan fingerprint density at radius 3 is 0.632 bits per heavy atom. The fourth-order valence-corrected chi connectivity index (χ4v) is 12.1. The van der Waals surface area contributed by atoms with Gasteiger partial charge in [0.2, 0.25) is 0 Å². The third-order valence-electron chi connectivity index (χ3n) is 14.2. The average molecular weight is 1080 g/mol. The van der Waals surface area contributed by atoms with Crippen LogP contribution in [-0.2, 0) is 0 Å². The molecule has 7 aromatic rings. The van der Waals surface area contributed by atoms with E-state index in [4.69, 9.17) is 0 Å². The number of halogens is 2. The summed E-state index contributed by atoms with van der Waals surface area (Å²) in [5.74, 6) is 2.99. The third kappa shape index (κ3) is 10.4. The first kappa shape index (κ1) is 51.6. The van der Waals surface area contributed by atoms with Crippen molar-refractivity contribution >= 4 is 38.5 Å². The number of rotatable bonds is 14. The van der Waals surface area contributed by atoms with E-state index in [1.54, 1.807) is 0 Å². The van der Waals surface area contributed by atoms with Gasteiger partial charge in [0.1, 0.15) is 0 Å². The molecule has 0 aliphatic heterocycles. The quantitative estimate of drug-likeness (QED) is 0.0952. The van der Waals surface area contributed by atoms with Gasteiger partial charge in [0.15, 0.2) is 0 Å². The van der Waals surface area contributed by atoms with Gasteiger partial charge in [-0.2, -0.15) is 0 Å². The zero-order valence-corrected chi connectivity index (χ0v) is 47.7. The Labute approximate surface area is 434 Å². The van der Waals surface area contributed by atoms with E-state index >= 15 is 0 Å². The molecular formula is C66H76BrI. The molecule has 0 atom stereocenters. The third-order valence-corrected chi connectivity index (χ3v) is 15.8. The lowest BCUT2D eigenvalue weighted by Gasteiger charge is -2.25. The SMILES string of the molecule is CC(C)c1cccc(C(C)C)c1-c1cc(-c2cc(Br)cc(-c3cc(-c4c(C(C)C)cccc4C(C)C)cc(-c4c(C(C)C)cccc4C(C)C)c3)c2I)cc(-c2c(C(C)C)cccc2C(C)C)c1. The second-order valence-corrected chi connectivity index (χ2v) is 23.9. The van der Waals surface area contributed by atoms with Gasteiger partial charge in [-0.15, -0.1) is 0 Å². The molecule has 7 aromatic carbocycles. The van der Waals surface area contributed by atoms with E-state index < -0.39 is 0 Å².